The smallest absolute Gasteiger partial charge is 0.213 e. The largest absolute Gasteiger partial charge is 0.475 e. The normalized spacial score (nSPS) is 17.6. The molecule has 0 aliphatic carbocycles. The monoisotopic (exact) mass is 341 g/mol. The van der Waals surface area contributed by atoms with Gasteiger partial charge in [-0.3, -0.25) is 9.58 Å². The first-order valence-electron chi connectivity index (χ1n) is 7.97. The lowest BCUT2D eigenvalue weighted by Gasteiger charge is -2.33. The van der Waals surface area contributed by atoms with Crippen LogP contribution in [0.2, 0.25) is 0 Å². The number of hydrogen-bond donors (Lipinski definition) is 0. The summed E-state index contributed by atoms with van der Waals surface area (Å²) in [6, 6.07) is 7.96. The molecule has 24 heavy (non-hydrogen) atoms. The second kappa shape index (κ2) is 6.70. The van der Waals surface area contributed by atoms with Crippen molar-refractivity contribution in [1.82, 2.24) is 24.6 Å². The Bertz CT molecular complexity index is 800. The minimum Gasteiger partial charge on any atom is -0.475 e. The van der Waals surface area contributed by atoms with Crippen LogP contribution in [0.3, 0.4) is 0 Å². The summed E-state index contributed by atoms with van der Waals surface area (Å²) in [7, 11) is 0. The van der Waals surface area contributed by atoms with Crippen LogP contribution in [-0.2, 0) is 13.1 Å². The summed E-state index contributed by atoms with van der Waals surface area (Å²) < 4.78 is 7.95. The minimum atomic E-state index is 0.180. The number of aryl methyl sites for hydroxylation is 1. The van der Waals surface area contributed by atoms with Gasteiger partial charge in [-0.1, -0.05) is 6.07 Å². The molecule has 1 atom stereocenters. The van der Waals surface area contributed by atoms with Crippen molar-refractivity contribution in [3.8, 4) is 5.88 Å². The molecule has 3 aromatic heterocycles. The van der Waals surface area contributed by atoms with Gasteiger partial charge in [0.05, 0.1) is 22.9 Å². The second-order valence-corrected chi connectivity index (χ2v) is 6.87. The molecule has 1 aliphatic rings. The van der Waals surface area contributed by atoms with Gasteiger partial charge in [0.25, 0.3) is 0 Å². The molecule has 0 aromatic carbocycles. The summed E-state index contributed by atoms with van der Waals surface area (Å²) in [4.78, 5) is 12.3. The van der Waals surface area contributed by atoms with Gasteiger partial charge in [0.1, 0.15) is 6.61 Å². The van der Waals surface area contributed by atoms with Crippen LogP contribution >= 0.6 is 11.3 Å². The van der Waals surface area contributed by atoms with Gasteiger partial charge in [-0.25, -0.2) is 9.97 Å². The Hall–Kier alpha value is -2.25. The van der Waals surface area contributed by atoms with E-state index in [4.69, 9.17) is 4.74 Å². The Balaban J connectivity index is 1.48. The first-order chi connectivity index (χ1) is 11.8. The second-order valence-electron chi connectivity index (χ2n) is 5.93. The molecule has 7 heteroatoms. The van der Waals surface area contributed by atoms with E-state index in [2.05, 4.69) is 37.6 Å². The third kappa shape index (κ3) is 3.18. The fourth-order valence-corrected chi connectivity index (χ4v) is 3.82. The van der Waals surface area contributed by atoms with E-state index in [1.165, 1.54) is 10.6 Å². The topological polar surface area (TPSA) is 56.1 Å². The Labute approximate surface area is 144 Å². The number of thiazole rings is 1. The van der Waals surface area contributed by atoms with Crippen molar-refractivity contribution in [1.29, 1.82) is 0 Å². The molecule has 3 aromatic rings. The van der Waals surface area contributed by atoms with Crippen molar-refractivity contribution >= 4 is 11.3 Å². The van der Waals surface area contributed by atoms with Crippen LogP contribution in [0.5, 0.6) is 5.88 Å². The van der Waals surface area contributed by atoms with Crippen LogP contribution in [-0.4, -0.2) is 37.8 Å². The molecule has 0 amide bonds. The number of rotatable bonds is 5. The highest BCUT2D eigenvalue weighted by Crippen LogP contribution is 2.24. The quantitative estimate of drug-likeness (QED) is 0.714. The number of nitrogens with zero attached hydrogens (tertiary/aromatic N) is 5. The Morgan fingerprint density at radius 3 is 3.00 bits per heavy atom. The molecule has 4 rings (SSSR count). The molecular formula is C17H19N5OS. The average molecular weight is 341 g/mol. The lowest BCUT2D eigenvalue weighted by Crippen LogP contribution is -2.39. The Morgan fingerprint density at radius 2 is 2.21 bits per heavy atom. The molecule has 0 radical (unpaired) electrons. The first kappa shape index (κ1) is 15.3. The highest BCUT2D eigenvalue weighted by molar-refractivity contribution is 7.09. The van der Waals surface area contributed by atoms with E-state index < -0.39 is 0 Å². The molecule has 0 saturated carbocycles. The average Bonchev–Trinajstić information content (AvgIpc) is 3.23. The maximum Gasteiger partial charge on any atom is 0.213 e. The summed E-state index contributed by atoms with van der Waals surface area (Å²) >= 11 is 1.72. The molecule has 0 N–H and O–H groups in total. The summed E-state index contributed by atoms with van der Waals surface area (Å²) in [5, 5.41) is 4.48. The van der Waals surface area contributed by atoms with Gasteiger partial charge in [0, 0.05) is 43.0 Å². The van der Waals surface area contributed by atoms with Crippen molar-refractivity contribution in [2.24, 2.45) is 0 Å². The van der Waals surface area contributed by atoms with Crippen molar-refractivity contribution in [3.05, 3.63) is 58.4 Å². The van der Waals surface area contributed by atoms with Gasteiger partial charge < -0.3 is 4.74 Å². The molecule has 124 valence electrons. The molecule has 0 spiro atoms. The maximum atomic E-state index is 5.87. The van der Waals surface area contributed by atoms with Gasteiger partial charge in [-0.15, -0.1) is 11.3 Å². The molecule has 0 bridgehead atoms. The summed E-state index contributed by atoms with van der Waals surface area (Å²) in [5.74, 6) is 0.654. The van der Waals surface area contributed by atoms with Crippen molar-refractivity contribution in [3.63, 3.8) is 0 Å². The molecule has 0 fully saturated rings. The van der Waals surface area contributed by atoms with E-state index in [0.717, 1.165) is 25.3 Å². The highest BCUT2D eigenvalue weighted by atomic mass is 32.1. The molecule has 4 heterocycles. The third-order valence-corrected chi connectivity index (χ3v) is 5.15. The van der Waals surface area contributed by atoms with Gasteiger partial charge in [-0.05, 0) is 19.1 Å². The lowest BCUT2D eigenvalue weighted by molar-refractivity contribution is 0.126. The number of fused-ring (bicyclic) bond motifs is 1. The molecule has 1 aliphatic heterocycles. The zero-order valence-electron chi connectivity index (χ0n) is 13.5. The predicted octanol–water partition coefficient (Wildman–Crippen LogP) is 2.68. The summed E-state index contributed by atoms with van der Waals surface area (Å²) in [5.41, 5.74) is 4.26. The SMILES string of the molecule is Cc1ncsc1CN1Cc2ccnn2[C@H](COc2ccccn2)C1. The number of hydrogen-bond acceptors (Lipinski definition) is 6. The van der Waals surface area contributed by atoms with Crippen LogP contribution in [0.1, 0.15) is 22.3 Å². The van der Waals surface area contributed by atoms with E-state index in [1.807, 2.05) is 29.9 Å². The molecule has 0 unspecified atom stereocenters. The van der Waals surface area contributed by atoms with Gasteiger partial charge in [0.2, 0.25) is 5.88 Å². The number of aromatic nitrogens is 4. The molecule has 0 saturated heterocycles. The minimum absolute atomic E-state index is 0.180. The number of ether oxygens (including phenoxy) is 1. The van der Waals surface area contributed by atoms with Crippen molar-refractivity contribution in [2.45, 2.75) is 26.1 Å². The van der Waals surface area contributed by atoms with Crippen LogP contribution < -0.4 is 4.74 Å². The fraction of sp³-hybridized carbons (Fsp3) is 0.353. The fourth-order valence-electron chi connectivity index (χ4n) is 3.00. The molecular weight excluding hydrogens is 322 g/mol. The van der Waals surface area contributed by atoms with Gasteiger partial charge >= 0.3 is 0 Å². The van der Waals surface area contributed by atoms with Crippen LogP contribution in [0.15, 0.2) is 42.2 Å². The van der Waals surface area contributed by atoms with Gasteiger partial charge in [-0.2, -0.15) is 5.10 Å². The zero-order chi connectivity index (χ0) is 16.4. The summed E-state index contributed by atoms with van der Waals surface area (Å²) in [6.45, 7) is 5.35. The summed E-state index contributed by atoms with van der Waals surface area (Å²) in [6.07, 6.45) is 3.61. The van der Waals surface area contributed by atoms with E-state index >= 15 is 0 Å². The van der Waals surface area contributed by atoms with Crippen molar-refractivity contribution < 1.29 is 4.74 Å². The number of pyridine rings is 1. The van der Waals surface area contributed by atoms with E-state index in [-0.39, 0.29) is 6.04 Å². The van der Waals surface area contributed by atoms with Crippen molar-refractivity contribution in [2.75, 3.05) is 13.2 Å². The van der Waals surface area contributed by atoms with Gasteiger partial charge in [0.15, 0.2) is 0 Å². The van der Waals surface area contributed by atoms with E-state index in [1.54, 1.807) is 17.5 Å². The van der Waals surface area contributed by atoms with Crippen LogP contribution in [0.4, 0.5) is 0 Å². The predicted molar refractivity (Wildman–Crippen MR) is 92.0 cm³/mol. The molecule has 6 nitrogen and oxygen atoms in total. The van der Waals surface area contributed by atoms with E-state index in [9.17, 15) is 0 Å². The Kier molecular flexibility index (Phi) is 4.27. The third-order valence-electron chi connectivity index (χ3n) is 4.23. The van der Waals surface area contributed by atoms with E-state index in [0.29, 0.717) is 12.5 Å². The zero-order valence-corrected chi connectivity index (χ0v) is 14.3. The lowest BCUT2D eigenvalue weighted by atomic mass is 10.2. The standard InChI is InChI=1S/C17H19N5OS/c1-13-16(24-12-19-13)10-21-8-14-5-7-20-22(14)15(9-21)11-23-17-4-2-3-6-18-17/h2-7,12,15H,8-11H2,1H3/t15-/m0/s1. The first-order valence-corrected chi connectivity index (χ1v) is 8.85. The van der Waals surface area contributed by atoms with Crippen LogP contribution in [0, 0.1) is 6.92 Å². The maximum absolute atomic E-state index is 5.87. The van der Waals surface area contributed by atoms with Crippen LogP contribution in [0.25, 0.3) is 0 Å². The highest BCUT2D eigenvalue weighted by Gasteiger charge is 2.26. The Morgan fingerprint density at radius 1 is 1.25 bits per heavy atom.